The Morgan fingerprint density at radius 3 is 2.71 bits per heavy atom. The number of hydrogen-bond acceptors (Lipinski definition) is 3. The summed E-state index contributed by atoms with van der Waals surface area (Å²) < 4.78 is 0. The third kappa shape index (κ3) is 3.96. The molecule has 0 spiro atoms. The molecule has 4 heteroatoms. The third-order valence-electron chi connectivity index (χ3n) is 3.96. The minimum Gasteiger partial charge on any atom is -0.353 e. The molecule has 98 valence electrons. The minimum atomic E-state index is 0.232. The lowest BCUT2D eigenvalue weighted by molar-refractivity contribution is -0.121. The summed E-state index contributed by atoms with van der Waals surface area (Å²) in [5.74, 6) is 0.913. The Bertz CT molecular complexity index is 265. The lowest BCUT2D eigenvalue weighted by Gasteiger charge is -2.36. The standard InChI is InChI=1S/C13H25N3O/c1-10-9-16(7-5-12(10)14-2)8-6-13(17)15-11-3-4-11/h10-12,14H,3-9H2,1-2H3,(H,15,17). The molecule has 0 radical (unpaired) electrons. The monoisotopic (exact) mass is 239 g/mol. The fourth-order valence-electron chi connectivity index (χ4n) is 2.65. The molecule has 1 aliphatic heterocycles. The van der Waals surface area contributed by atoms with Crippen molar-refractivity contribution < 1.29 is 4.79 Å². The molecule has 2 aliphatic rings. The van der Waals surface area contributed by atoms with E-state index in [-0.39, 0.29) is 5.91 Å². The Balaban J connectivity index is 1.64. The maximum Gasteiger partial charge on any atom is 0.221 e. The van der Waals surface area contributed by atoms with Gasteiger partial charge in [-0.15, -0.1) is 0 Å². The van der Waals surface area contributed by atoms with E-state index in [1.165, 1.54) is 19.3 Å². The SMILES string of the molecule is CNC1CCN(CCC(=O)NC2CC2)CC1C. The number of rotatable bonds is 5. The Morgan fingerprint density at radius 2 is 2.12 bits per heavy atom. The quantitative estimate of drug-likeness (QED) is 0.738. The summed E-state index contributed by atoms with van der Waals surface area (Å²) >= 11 is 0. The zero-order chi connectivity index (χ0) is 12.3. The van der Waals surface area contributed by atoms with Crippen molar-refractivity contribution in [1.82, 2.24) is 15.5 Å². The van der Waals surface area contributed by atoms with Gasteiger partial charge < -0.3 is 15.5 Å². The second kappa shape index (κ2) is 5.83. The molecular formula is C13H25N3O. The van der Waals surface area contributed by atoms with E-state index in [2.05, 4.69) is 22.5 Å². The molecule has 2 fully saturated rings. The lowest BCUT2D eigenvalue weighted by atomic mass is 9.94. The lowest BCUT2D eigenvalue weighted by Crippen LogP contribution is -2.47. The summed E-state index contributed by atoms with van der Waals surface area (Å²) in [5, 5.41) is 6.41. The molecule has 17 heavy (non-hydrogen) atoms. The molecule has 1 saturated carbocycles. The van der Waals surface area contributed by atoms with Crippen LogP contribution in [-0.2, 0) is 4.79 Å². The van der Waals surface area contributed by atoms with E-state index in [1.54, 1.807) is 0 Å². The van der Waals surface area contributed by atoms with Crippen molar-refractivity contribution in [2.45, 2.75) is 44.7 Å². The topological polar surface area (TPSA) is 44.4 Å². The molecule has 1 saturated heterocycles. The number of likely N-dealkylation sites (tertiary alicyclic amines) is 1. The average Bonchev–Trinajstić information content (AvgIpc) is 3.10. The van der Waals surface area contributed by atoms with Crippen LogP contribution in [-0.4, -0.2) is 49.6 Å². The first-order chi connectivity index (χ1) is 8.19. The zero-order valence-corrected chi connectivity index (χ0v) is 11.0. The predicted molar refractivity (Wildman–Crippen MR) is 68.9 cm³/mol. The first kappa shape index (κ1) is 12.8. The second-order valence-electron chi connectivity index (χ2n) is 5.55. The average molecular weight is 239 g/mol. The van der Waals surface area contributed by atoms with Crippen molar-refractivity contribution >= 4 is 5.91 Å². The normalized spacial score (nSPS) is 30.2. The number of nitrogens with one attached hydrogen (secondary N) is 2. The molecule has 1 amide bonds. The molecule has 0 bridgehead atoms. The first-order valence-electron chi connectivity index (χ1n) is 6.88. The van der Waals surface area contributed by atoms with Gasteiger partial charge in [-0.25, -0.2) is 0 Å². The number of hydrogen-bond donors (Lipinski definition) is 2. The van der Waals surface area contributed by atoms with E-state index in [9.17, 15) is 4.79 Å². The van der Waals surface area contributed by atoms with Gasteiger partial charge in [0.05, 0.1) is 0 Å². The summed E-state index contributed by atoms with van der Waals surface area (Å²) in [7, 11) is 2.04. The van der Waals surface area contributed by atoms with Gasteiger partial charge in [-0.2, -0.15) is 0 Å². The number of amides is 1. The molecule has 2 atom stereocenters. The third-order valence-corrected chi connectivity index (χ3v) is 3.96. The van der Waals surface area contributed by atoms with Crippen LogP contribution in [0, 0.1) is 5.92 Å². The largest absolute Gasteiger partial charge is 0.353 e. The molecular weight excluding hydrogens is 214 g/mol. The Morgan fingerprint density at radius 1 is 1.35 bits per heavy atom. The minimum absolute atomic E-state index is 0.232. The second-order valence-corrected chi connectivity index (χ2v) is 5.55. The Labute approximate surface area is 104 Å². The van der Waals surface area contributed by atoms with Gasteiger partial charge >= 0.3 is 0 Å². The van der Waals surface area contributed by atoms with Crippen molar-refractivity contribution in [2.24, 2.45) is 5.92 Å². The highest BCUT2D eigenvalue weighted by molar-refractivity contribution is 5.76. The van der Waals surface area contributed by atoms with Gasteiger partial charge in [0.25, 0.3) is 0 Å². The molecule has 2 rings (SSSR count). The van der Waals surface area contributed by atoms with Gasteiger partial charge in [-0.05, 0) is 38.8 Å². The van der Waals surface area contributed by atoms with E-state index in [1.807, 2.05) is 7.05 Å². The van der Waals surface area contributed by atoms with Crippen LogP contribution in [0.1, 0.15) is 32.6 Å². The predicted octanol–water partition coefficient (Wildman–Crippen LogP) is 0.585. The number of carbonyl (C=O) groups is 1. The maximum atomic E-state index is 11.6. The van der Waals surface area contributed by atoms with E-state index in [0.717, 1.165) is 19.6 Å². The molecule has 0 aromatic rings. The zero-order valence-electron chi connectivity index (χ0n) is 11.0. The summed E-state index contributed by atoms with van der Waals surface area (Å²) in [5.41, 5.74) is 0. The summed E-state index contributed by atoms with van der Waals surface area (Å²) in [6.07, 6.45) is 4.21. The fourth-order valence-corrected chi connectivity index (χ4v) is 2.65. The van der Waals surface area contributed by atoms with Crippen molar-refractivity contribution in [1.29, 1.82) is 0 Å². The Kier molecular flexibility index (Phi) is 4.40. The van der Waals surface area contributed by atoms with Gasteiger partial charge in [-0.1, -0.05) is 6.92 Å². The molecule has 0 aromatic carbocycles. The fraction of sp³-hybridized carbons (Fsp3) is 0.923. The van der Waals surface area contributed by atoms with Crippen LogP contribution in [0.25, 0.3) is 0 Å². The van der Waals surface area contributed by atoms with Gasteiger partial charge in [0.1, 0.15) is 0 Å². The molecule has 0 aromatic heterocycles. The van der Waals surface area contributed by atoms with Gasteiger partial charge in [0.15, 0.2) is 0 Å². The van der Waals surface area contributed by atoms with Crippen LogP contribution in [0.5, 0.6) is 0 Å². The van der Waals surface area contributed by atoms with Crippen molar-refractivity contribution in [2.75, 3.05) is 26.7 Å². The summed E-state index contributed by atoms with van der Waals surface area (Å²) in [6, 6.07) is 1.14. The summed E-state index contributed by atoms with van der Waals surface area (Å²) in [4.78, 5) is 14.0. The molecule has 4 nitrogen and oxygen atoms in total. The Hall–Kier alpha value is -0.610. The number of piperidine rings is 1. The first-order valence-corrected chi connectivity index (χ1v) is 6.88. The summed E-state index contributed by atoms with van der Waals surface area (Å²) in [6.45, 7) is 5.44. The number of carbonyl (C=O) groups excluding carboxylic acids is 1. The van der Waals surface area contributed by atoms with Crippen LogP contribution < -0.4 is 10.6 Å². The highest BCUT2D eigenvalue weighted by Gasteiger charge is 2.26. The smallest absolute Gasteiger partial charge is 0.221 e. The van der Waals surface area contributed by atoms with Gasteiger partial charge in [0.2, 0.25) is 5.91 Å². The van der Waals surface area contributed by atoms with Crippen LogP contribution >= 0.6 is 0 Å². The van der Waals surface area contributed by atoms with E-state index in [4.69, 9.17) is 0 Å². The molecule has 1 heterocycles. The van der Waals surface area contributed by atoms with Crippen LogP contribution in [0.3, 0.4) is 0 Å². The van der Waals surface area contributed by atoms with Gasteiger partial charge in [0, 0.05) is 31.6 Å². The number of nitrogens with zero attached hydrogens (tertiary/aromatic N) is 1. The molecule has 2 unspecified atom stereocenters. The van der Waals surface area contributed by atoms with Crippen molar-refractivity contribution in [3.8, 4) is 0 Å². The van der Waals surface area contributed by atoms with Crippen LogP contribution in [0.4, 0.5) is 0 Å². The van der Waals surface area contributed by atoms with Crippen LogP contribution in [0.15, 0.2) is 0 Å². The molecule has 2 N–H and O–H groups in total. The molecule has 1 aliphatic carbocycles. The van der Waals surface area contributed by atoms with Crippen molar-refractivity contribution in [3.05, 3.63) is 0 Å². The van der Waals surface area contributed by atoms with E-state index in [0.29, 0.717) is 24.4 Å². The highest BCUT2D eigenvalue weighted by atomic mass is 16.1. The van der Waals surface area contributed by atoms with Gasteiger partial charge in [-0.3, -0.25) is 4.79 Å². The van der Waals surface area contributed by atoms with Crippen LogP contribution in [0.2, 0.25) is 0 Å². The van der Waals surface area contributed by atoms with E-state index >= 15 is 0 Å². The van der Waals surface area contributed by atoms with E-state index < -0.39 is 0 Å². The highest BCUT2D eigenvalue weighted by Crippen LogP contribution is 2.19. The maximum absolute atomic E-state index is 11.6. The van der Waals surface area contributed by atoms with Crippen molar-refractivity contribution in [3.63, 3.8) is 0 Å².